The van der Waals surface area contributed by atoms with Crippen LogP contribution in [0.5, 0.6) is 11.5 Å². The normalized spacial score (nSPS) is 17.6. The number of anilines is 1. The van der Waals surface area contributed by atoms with Crippen molar-refractivity contribution in [2.75, 3.05) is 12.0 Å². The molecule has 3 aromatic carbocycles. The molecule has 0 radical (unpaired) electrons. The molecule has 1 aliphatic rings. The molecule has 32 heavy (non-hydrogen) atoms. The lowest BCUT2D eigenvalue weighted by Gasteiger charge is -2.26. The monoisotopic (exact) mass is 429 g/mol. The first-order valence-corrected chi connectivity index (χ1v) is 10.1. The fourth-order valence-corrected chi connectivity index (χ4v) is 4.25. The second kappa shape index (κ2) is 8.23. The number of benzene rings is 3. The number of aromatic hydroxyl groups is 1. The lowest BCUT2D eigenvalue weighted by atomic mass is 9.93. The first-order chi connectivity index (χ1) is 15.3. The summed E-state index contributed by atoms with van der Waals surface area (Å²) in [5.74, 6) is -1.70. The number of nitrogens with zero attached hydrogens (tertiary/aromatic N) is 1. The molecule has 0 aliphatic carbocycles. The van der Waals surface area contributed by atoms with Crippen LogP contribution in [-0.2, 0) is 9.59 Å². The molecule has 1 amide bonds. The van der Waals surface area contributed by atoms with E-state index in [0.717, 1.165) is 11.1 Å². The number of phenolic OH excluding ortho intramolecular Hbond substituents is 1. The van der Waals surface area contributed by atoms with Gasteiger partial charge in [0.05, 0.1) is 30.0 Å². The van der Waals surface area contributed by atoms with Crippen molar-refractivity contribution >= 4 is 23.1 Å². The molecule has 1 atom stereocenters. The van der Waals surface area contributed by atoms with Crippen molar-refractivity contribution in [2.45, 2.75) is 19.9 Å². The summed E-state index contributed by atoms with van der Waals surface area (Å²) in [5, 5.41) is 21.8. The number of hydrogen-bond acceptors (Lipinski definition) is 5. The number of aliphatic hydroxyl groups excluding tert-OH is 1. The molecule has 6 nitrogen and oxygen atoms in total. The number of methoxy groups -OCH3 is 1. The molecule has 0 bridgehead atoms. The van der Waals surface area contributed by atoms with Crippen LogP contribution in [0.1, 0.15) is 28.3 Å². The van der Waals surface area contributed by atoms with Crippen molar-refractivity contribution in [3.63, 3.8) is 0 Å². The lowest BCUT2D eigenvalue weighted by molar-refractivity contribution is -0.132. The minimum atomic E-state index is -0.921. The molecular formula is C26H23NO5. The van der Waals surface area contributed by atoms with Crippen molar-refractivity contribution in [3.8, 4) is 11.5 Å². The second-order valence-electron chi connectivity index (χ2n) is 7.73. The molecule has 162 valence electrons. The van der Waals surface area contributed by atoms with Gasteiger partial charge in [-0.05, 0) is 48.7 Å². The minimum Gasteiger partial charge on any atom is -0.507 e. The van der Waals surface area contributed by atoms with E-state index >= 15 is 0 Å². The van der Waals surface area contributed by atoms with Crippen LogP contribution in [0.15, 0.2) is 72.3 Å². The number of carbonyl (C=O) groups is 2. The van der Waals surface area contributed by atoms with Crippen LogP contribution < -0.4 is 9.64 Å². The van der Waals surface area contributed by atoms with Gasteiger partial charge >= 0.3 is 0 Å². The summed E-state index contributed by atoms with van der Waals surface area (Å²) >= 11 is 0. The van der Waals surface area contributed by atoms with Crippen LogP contribution in [-0.4, -0.2) is 29.0 Å². The minimum absolute atomic E-state index is 0.0623. The summed E-state index contributed by atoms with van der Waals surface area (Å²) in [7, 11) is 1.49. The molecule has 1 aliphatic heterocycles. The standard InChI is InChI=1S/C26H23NO5/c1-15-13-16(2)25(32-3)18(14-15)23(29)21-22(17-9-5-4-6-10-17)27(26(31)24(21)30)19-11-7-8-12-20(19)28/h4-14,22,28-29H,1-3H3/b23-21+. The number of ketones is 1. The molecule has 0 saturated carbocycles. The van der Waals surface area contributed by atoms with E-state index in [9.17, 15) is 19.8 Å². The number of rotatable bonds is 4. The van der Waals surface area contributed by atoms with Crippen LogP contribution in [0, 0.1) is 13.8 Å². The predicted octanol–water partition coefficient (Wildman–Crippen LogP) is 4.64. The molecule has 1 heterocycles. The van der Waals surface area contributed by atoms with Gasteiger partial charge in [-0.3, -0.25) is 14.5 Å². The molecule has 0 spiro atoms. The van der Waals surface area contributed by atoms with E-state index in [1.165, 1.54) is 18.1 Å². The highest BCUT2D eigenvalue weighted by Crippen LogP contribution is 2.45. The van der Waals surface area contributed by atoms with Crippen molar-refractivity contribution in [1.82, 2.24) is 0 Å². The zero-order chi connectivity index (χ0) is 23.0. The highest BCUT2D eigenvalue weighted by atomic mass is 16.5. The maximum Gasteiger partial charge on any atom is 0.300 e. The smallest absolute Gasteiger partial charge is 0.300 e. The Morgan fingerprint density at radius 2 is 1.62 bits per heavy atom. The zero-order valence-corrected chi connectivity index (χ0v) is 18.0. The molecule has 2 N–H and O–H groups in total. The highest BCUT2D eigenvalue weighted by molar-refractivity contribution is 6.52. The van der Waals surface area contributed by atoms with Crippen LogP contribution in [0.4, 0.5) is 5.69 Å². The van der Waals surface area contributed by atoms with E-state index in [-0.39, 0.29) is 22.8 Å². The van der Waals surface area contributed by atoms with E-state index in [4.69, 9.17) is 4.74 Å². The molecule has 3 aromatic rings. The van der Waals surface area contributed by atoms with Crippen LogP contribution in [0.2, 0.25) is 0 Å². The van der Waals surface area contributed by atoms with Crippen molar-refractivity contribution in [1.29, 1.82) is 0 Å². The fourth-order valence-electron chi connectivity index (χ4n) is 4.25. The molecule has 6 heteroatoms. The Morgan fingerprint density at radius 1 is 0.969 bits per heavy atom. The summed E-state index contributed by atoms with van der Waals surface area (Å²) in [6.07, 6.45) is 0. The highest BCUT2D eigenvalue weighted by Gasteiger charge is 2.47. The van der Waals surface area contributed by atoms with Gasteiger partial charge in [-0.25, -0.2) is 0 Å². The Morgan fingerprint density at radius 3 is 2.28 bits per heavy atom. The number of amides is 1. The van der Waals surface area contributed by atoms with Gasteiger partial charge < -0.3 is 14.9 Å². The van der Waals surface area contributed by atoms with Crippen LogP contribution in [0.3, 0.4) is 0 Å². The number of Topliss-reactive ketones (excluding diaryl/α,β-unsaturated/α-hetero) is 1. The van der Waals surface area contributed by atoms with Crippen LogP contribution in [0.25, 0.3) is 5.76 Å². The van der Waals surface area contributed by atoms with Gasteiger partial charge in [0.1, 0.15) is 17.3 Å². The van der Waals surface area contributed by atoms with Gasteiger partial charge in [0.15, 0.2) is 0 Å². The van der Waals surface area contributed by atoms with Crippen molar-refractivity contribution in [3.05, 3.63) is 94.6 Å². The largest absolute Gasteiger partial charge is 0.507 e. The SMILES string of the molecule is COc1c(C)cc(C)cc1/C(O)=C1\C(=O)C(=O)N(c2ccccc2O)C1c1ccccc1. The third-order valence-corrected chi connectivity index (χ3v) is 5.58. The van der Waals surface area contributed by atoms with E-state index in [1.54, 1.807) is 48.5 Å². The second-order valence-corrected chi connectivity index (χ2v) is 7.73. The third-order valence-electron chi connectivity index (χ3n) is 5.58. The number of ether oxygens (including phenoxy) is 1. The number of hydrogen-bond donors (Lipinski definition) is 2. The van der Waals surface area contributed by atoms with Gasteiger partial charge in [-0.1, -0.05) is 48.5 Å². The maximum absolute atomic E-state index is 13.2. The van der Waals surface area contributed by atoms with E-state index in [2.05, 4.69) is 0 Å². The number of carbonyl (C=O) groups excluding carboxylic acids is 2. The number of phenols is 1. The number of aryl methyl sites for hydroxylation is 2. The third kappa shape index (κ3) is 3.39. The van der Waals surface area contributed by atoms with Gasteiger partial charge in [-0.2, -0.15) is 0 Å². The summed E-state index contributed by atoms with van der Waals surface area (Å²) < 4.78 is 5.50. The van der Waals surface area contributed by atoms with Gasteiger partial charge in [0.2, 0.25) is 0 Å². The Kier molecular flexibility index (Phi) is 5.45. The predicted molar refractivity (Wildman–Crippen MR) is 122 cm³/mol. The quantitative estimate of drug-likeness (QED) is 0.358. The first kappa shape index (κ1) is 21.2. The molecule has 1 fully saturated rings. The topological polar surface area (TPSA) is 87.1 Å². The zero-order valence-electron chi connectivity index (χ0n) is 18.0. The molecule has 1 saturated heterocycles. The fraction of sp³-hybridized carbons (Fsp3) is 0.154. The Bertz CT molecular complexity index is 1250. The van der Waals surface area contributed by atoms with Crippen molar-refractivity contribution in [2.24, 2.45) is 0 Å². The number of aliphatic hydroxyl groups is 1. The molecule has 0 aromatic heterocycles. The summed E-state index contributed by atoms with van der Waals surface area (Å²) in [5.41, 5.74) is 2.75. The number of para-hydroxylation sites is 2. The summed E-state index contributed by atoms with van der Waals surface area (Å²) in [6, 6.07) is 18.0. The maximum atomic E-state index is 13.2. The van der Waals surface area contributed by atoms with Crippen LogP contribution >= 0.6 is 0 Å². The molecular weight excluding hydrogens is 406 g/mol. The average molecular weight is 429 g/mol. The Labute approximate surface area is 186 Å². The molecule has 1 unspecified atom stereocenters. The van der Waals surface area contributed by atoms with E-state index < -0.39 is 17.7 Å². The van der Waals surface area contributed by atoms with Gasteiger partial charge in [0, 0.05) is 0 Å². The summed E-state index contributed by atoms with van der Waals surface area (Å²) in [6.45, 7) is 3.72. The van der Waals surface area contributed by atoms with E-state index in [1.807, 2.05) is 26.0 Å². The Hall–Kier alpha value is -4.06. The molecule has 4 rings (SSSR count). The first-order valence-electron chi connectivity index (χ1n) is 10.1. The lowest BCUT2D eigenvalue weighted by Crippen LogP contribution is -2.29. The Balaban J connectivity index is 2.02. The average Bonchev–Trinajstić information content (AvgIpc) is 3.04. The van der Waals surface area contributed by atoms with Gasteiger partial charge in [0.25, 0.3) is 11.7 Å². The van der Waals surface area contributed by atoms with Gasteiger partial charge in [-0.15, -0.1) is 0 Å². The van der Waals surface area contributed by atoms with Crippen molar-refractivity contribution < 1.29 is 24.5 Å². The van der Waals surface area contributed by atoms with E-state index in [0.29, 0.717) is 16.9 Å². The summed E-state index contributed by atoms with van der Waals surface area (Å²) in [4.78, 5) is 27.6.